The topological polar surface area (TPSA) is 26.0 Å². The quantitative estimate of drug-likeness (QED) is 0.780. The maximum atomic E-state index is 14.7. The maximum absolute atomic E-state index is 14.7. The fourth-order valence-corrected chi connectivity index (χ4v) is 2.44. The lowest BCUT2D eigenvalue weighted by Crippen LogP contribution is -2.34. The van der Waals surface area contributed by atoms with Crippen LogP contribution in [-0.2, 0) is 5.67 Å². The minimum Gasteiger partial charge on any atom is -0.328 e. The van der Waals surface area contributed by atoms with Crippen molar-refractivity contribution in [3.8, 4) is 0 Å². The third-order valence-electron chi connectivity index (χ3n) is 3.51. The van der Waals surface area contributed by atoms with Crippen molar-refractivity contribution in [2.45, 2.75) is 44.3 Å². The lowest BCUT2D eigenvalue weighted by Gasteiger charge is -2.33. The lowest BCUT2D eigenvalue weighted by molar-refractivity contribution is 0.0968. The number of hydrogen-bond acceptors (Lipinski definition) is 1. The molecule has 0 spiro atoms. The zero-order valence-electron chi connectivity index (χ0n) is 9.47. The zero-order chi connectivity index (χ0) is 11.8. The van der Waals surface area contributed by atoms with Gasteiger partial charge >= 0.3 is 0 Å². The van der Waals surface area contributed by atoms with E-state index in [0.717, 1.165) is 5.56 Å². The van der Waals surface area contributed by atoms with Crippen LogP contribution in [0.15, 0.2) is 18.2 Å². The minimum atomic E-state index is -1.39. The number of benzene rings is 1. The third-order valence-corrected chi connectivity index (χ3v) is 3.51. The van der Waals surface area contributed by atoms with Gasteiger partial charge in [-0.2, -0.15) is 0 Å². The van der Waals surface area contributed by atoms with Gasteiger partial charge < -0.3 is 5.73 Å². The molecule has 1 saturated carbocycles. The summed E-state index contributed by atoms with van der Waals surface area (Å²) in [7, 11) is 0. The molecule has 0 heterocycles. The summed E-state index contributed by atoms with van der Waals surface area (Å²) in [5.41, 5.74) is 5.69. The van der Waals surface area contributed by atoms with Gasteiger partial charge in [0, 0.05) is 6.04 Å². The van der Waals surface area contributed by atoms with Crippen LogP contribution in [0.5, 0.6) is 0 Å². The fourth-order valence-electron chi connectivity index (χ4n) is 2.44. The summed E-state index contributed by atoms with van der Waals surface area (Å²) in [5, 5.41) is 0. The van der Waals surface area contributed by atoms with E-state index >= 15 is 0 Å². The predicted molar refractivity (Wildman–Crippen MR) is 60.4 cm³/mol. The maximum Gasteiger partial charge on any atom is 0.136 e. The Balaban J connectivity index is 2.32. The molecule has 0 amide bonds. The second-order valence-electron chi connectivity index (χ2n) is 4.76. The number of halogens is 2. The predicted octanol–water partition coefficient (Wildman–Crippen LogP) is 3.20. The molecule has 0 radical (unpaired) electrons. The molecule has 0 bridgehead atoms. The van der Waals surface area contributed by atoms with Gasteiger partial charge in [0.05, 0.1) is 0 Å². The van der Waals surface area contributed by atoms with Crippen LogP contribution in [-0.4, -0.2) is 6.04 Å². The summed E-state index contributed by atoms with van der Waals surface area (Å²) in [6.07, 6.45) is 2.15. The molecule has 0 aromatic heterocycles. The summed E-state index contributed by atoms with van der Waals surface area (Å²) in [4.78, 5) is 0. The molecule has 1 nitrogen and oxygen atoms in total. The molecule has 0 unspecified atom stereocenters. The monoisotopic (exact) mass is 225 g/mol. The summed E-state index contributed by atoms with van der Waals surface area (Å²) >= 11 is 0. The van der Waals surface area contributed by atoms with E-state index in [4.69, 9.17) is 5.73 Å². The molecule has 2 rings (SSSR count). The molecule has 2 N–H and O–H groups in total. The Bertz CT molecular complexity index is 382. The molecule has 0 saturated heterocycles. The van der Waals surface area contributed by atoms with E-state index in [0.29, 0.717) is 31.2 Å². The first-order chi connectivity index (χ1) is 7.51. The van der Waals surface area contributed by atoms with Crippen molar-refractivity contribution in [1.82, 2.24) is 0 Å². The molecule has 1 fully saturated rings. The smallest absolute Gasteiger partial charge is 0.136 e. The SMILES string of the molecule is Cc1ccc(F)cc1C1(F)CCC(N)CC1. The molecular weight excluding hydrogens is 208 g/mol. The van der Waals surface area contributed by atoms with Crippen molar-refractivity contribution in [3.05, 3.63) is 35.1 Å². The highest BCUT2D eigenvalue weighted by Gasteiger charge is 2.37. The summed E-state index contributed by atoms with van der Waals surface area (Å²) in [6.45, 7) is 1.82. The molecule has 3 heteroatoms. The highest BCUT2D eigenvalue weighted by atomic mass is 19.1. The first-order valence-electron chi connectivity index (χ1n) is 5.72. The van der Waals surface area contributed by atoms with E-state index in [2.05, 4.69) is 0 Å². The molecule has 0 aliphatic heterocycles. The van der Waals surface area contributed by atoms with Crippen molar-refractivity contribution < 1.29 is 8.78 Å². The van der Waals surface area contributed by atoms with Gasteiger partial charge in [0.25, 0.3) is 0 Å². The molecule has 16 heavy (non-hydrogen) atoms. The highest BCUT2D eigenvalue weighted by Crippen LogP contribution is 2.41. The Labute approximate surface area is 94.7 Å². The molecule has 1 aliphatic carbocycles. The first-order valence-corrected chi connectivity index (χ1v) is 5.72. The van der Waals surface area contributed by atoms with Crippen LogP contribution in [0, 0.1) is 12.7 Å². The van der Waals surface area contributed by atoms with Crippen molar-refractivity contribution in [1.29, 1.82) is 0 Å². The van der Waals surface area contributed by atoms with E-state index in [1.165, 1.54) is 12.1 Å². The Morgan fingerprint density at radius 1 is 1.31 bits per heavy atom. The largest absolute Gasteiger partial charge is 0.328 e. The normalized spacial score (nSPS) is 30.4. The van der Waals surface area contributed by atoms with E-state index in [1.807, 2.05) is 6.92 Å². The fraction of sp³-hybridized carbons (Fsp3) is 0.538. The number of aryl methyl sites for hydroxylation is 1. The van der Waals surface area contributed by atoms with Gasteiger partial charge in [-0.1, -0.05) is 6.07 Å². The van der Waals surface area contributed by atoms with Crippen LogP contribution in [0.1, 0.15) is 36.8 Å². The number of alkyl halides is 1. The van der Waals surface area contributed by atoms with Crippen LogP contribution in [0.25, 0.3) is 0 Å². The minimum absolute atomic E-state index is 0.0951. The molecule has 1 aromatic rings. The molecule has 0 atom stereocenters. The van der Waals surface area contributed by atoms with Crippen LogP contribution in [0.2, 0.25) is 0 Å². The van der Waals surface area contributed by atoms with Crippen molar-refractivity contribution in [2.75, 3.05) is 0 Å². The van der Waals surface area contributed by atoms with Crippen molar-refractivity contribution in [2.24, 2.45) is 5.73 Å². The number of hydrogen-bond donors (Lipinski definition) is 1. The van der Waals surface area contributed by atoms with E-state index in [1.54, 1.807) is 6.07 Å². The van der Waals surface area contributed by atoms with Crippen LogP contribution >= 0.6 is 0 Å². The Morgan fingerprint density at radius 3 is 2.56 bits per heavy atom. The number of nitrogens with two attached hydrogens (primary N) is 1. The average molecular weight is 225 g/mol. The lowest BCUT2D eigenvalue weighted by atomic mass is 9.78. The first kappa shape index (κ1) is 11.5. The Kier molecular flexibility index (Phi) is 2.98. The summed E-state index contributed by atoms with van der Waals surface area (Å²) in [5.74, 6) is -0.368. The average Bonchev–Trinajstić information content (AvgIpc) is 2.26. The Morgan fingerprint density at radius 2 is 1.94 bits per heavy atom. The van der Waals surface area contributed by atoms with Crippen molar-refractivity contribution in [3.63, 3.8) is 0 Å². The molecular formula is C13H17F2N. The molecule has 88 valence electrons. The second kappa shape index (κ2) is 4.13. The van der Waals surface area contributed by atoms with Gasteiger partial charge in [0.1, 0.15) is 11.5 Å². The molecule has 1 aromatic carbocycles. The Hall–Kier alpha value is -0.960. The van der Waals surface area contributed by atoms with Crippen LogP contribution < -0.4 is 5.73 Å². The van der Waals surface area contributed by atoms with E-state index in [9.17, 15) is 8.78 Å². The summed E-state index contributed by atoms with van der Waals surface area (Å²) in [6, 6.07) is 4.43. The van der Waals surface area contributed by atoms with E-state index in [-0.39, 0.29) is 11.9 Å². The standard InChI is InChI=1S/C13H17F2N/c1-9-2-3-10(14)8-12(9)13(15)6-4-11(16)5-7-13/h2-3,8,11H,4-7,16H2,1H3. The van der Waals surface area contributed by atoms with Gasteiger partial charge in [-0.15, -0.1) is 0 Å². The van der Waals surface area contributed by atoms with Crippen LogP contribution in [0.3, 0.4) is 0 Å². The van der Waals surface area contributed by atoms with E-state index < -0.39 is 5.67 Å². The summed E-state index contributed by atoms with van der Waals surface area (Å²) < 4.78 is 27.9. The van der Waals surface area contributed by atoms with Crippen LogP contribution in [0.4, 0.5) is 8.78 Å². The van der Waals surface area contributed by atoms with Crippen molar-refractivity contribution >= 4 is 0 Å². The zero-order valence-corrected chi connectivity index (χ0v) is 9.47. The van der Waals surface area contributed by atoms with Gasteiger partial charge in [-0.05, 0) is 55.9 Å². The highest BCUT2D eigenvalue weighted by molar-refractivity contribution is 5.32. The van der Waals surface area contributed by atoms with Gasteiger partial charge in [0.15, 0.2) is 0 Å². The third kappa shape index (κ3) is 2.09. The molecule has 1 aliphatic rings. The van der Waals surface area contributed by atoms with Gasteiger partial charge in [-0.3, -0.25) is 0 Å². The second-order valence-corrected chi connectivity index (χ2v) is 4.76. The van der Waals surface area contributed by atoms with Gasteiger partial charge in [0.2, 0.25) is 0 Å². The number of rotatable bonds is 1. The van der Waals surface area contributed by atoms with Gasteiger partial charge in [-0.25, -0.2) is 8.78 Å².